The second-order valence-electron chi connectivity index (χ2n) is 4.30. The number of carbonyl (C=O) groups excluding carboxylic acids is 1. The maximum Gasteiger partial charge on any atom is 0.358 e. The van der Waals surface area contributed by atoms with Crippen molar-refractivity contribution in [3.63, 3.8) is 0 Å². The Kier molecular flexibility index (Phi) is 4.16. The Labute approximate surface area is 117 Å². The van der Waals surface area contributed by atoms with Gasteiger partial charge >= 0.3 is 5.97 Å². The van der Waals surface area contributed by atoms with Crippen LogP contribution < -0.4 is 0 Å². The molecule has 0 aliphatic carbocycles. The van der Waals surface area contributed by atoms with Crippen LogP contribution in [0.3, 0.4) is 0 Å². The average Bonchev–Trinajstić information content (AvgIpc) is 2.96. The monoisotopic (exact) mass is 269 g/mol. The maximum atomic E-state index is 11.6. The predicted molar refractivity (Wildman–Crippen MR) is 73.2 cm³/mol. The lowest BCUT2D eigenvalue weighted by Gasteiger charge is -2.14. The highest BCUT2D eigenvalue weighted by atomic mass is 16.5. The summed E-state index contributed by atoms with van der Waals surface area (Å²) in [6, 6.07) is 9.47. The van der Waals surface area contributed by atoms with Crippen molar-refractivity contribution in [2.24, 2.45) is 0 Å². The van der Waals surface area contributed by atoms with Crippen LogP contribution in [0.5, 0.6) is 0 Å². The first-order valence-electron chi connectivity index (χ1n) is 6.37. The Morgan fingerprint density at radius 3 is 2.95 bits per heavy atom. The molecule has 1 unspecified atom stereocenters. The van der Waals surface area contributed by atoms with E-state index < -0.39 is 5.97 Å². The summed E-state index contributed by atoms with van der Waals surface area (Å²) in [6.07, 6.45) is 3.21. The molecule has 0 aliphatic rings. The molecule has 1 atom stereocenters. The van der Waals surface area contributed by atoms with Crippen LogP contribution in [0.25, 0.3) is 0 Å². The molecule has 2 aromatic rings. The summed E-state index contributed by atoms with van der Waals surface area (Å²) in [5.41, 5.74) is 1.78. The van der Waals surface area contributed by atoms with Gasteiger partial charge in [-0.1, -0.05) is 18.2 Å². The number of imidazole rings is 1. The largest absolute Gasteiger partial charge is 0.461 e. The van der Waals surface area contributed by atoms with Crippen molar-refractivity contribution in [2.45, 2.75) is 19.9 Å². The van der Waals surface area contributed by atoms with E-state index in [9.17, 15) is 4.79 Å². The third kappa shape index (κ3) is 2.69. The molecule has 1 heterocycles. The molecule has 0 N–H and O–H groups in total. The van der Waals surface area contributed by atoms with Crippen molar-refractivity contribution in [3.8, 4) is 6.07 Å². The van der Waals surface area contributed by atoms with E-state index in [-0.39, 0.29) is 11.7 Å². The van der Waals surface area contributed by atoms with Crippen LogP contribution in [0.4, 0.5) is 0 Å². The molecule has 0 bridgehead atoms. The van der Waals surface area contributed by atoms with E-state index in [1.807, 2.05) is 25.1 Å². The zero-order chi connectivity index (χ0) is 14.5. The van der Waals surface area contributed by atoms with E-state index in [1.165, 1.54) is 0 Å². The highest BCUT2D eigenvalue weighted by Gasteiger charge is 2.15. The van der Waals surface area contributed by atoms with Gasteiger partial charge < -0.3 is 9.30 Å². The summed E-state index contributed by atoms with van der Waals surface area (Å²) in [4.78, 5) is 15.6. The topological polar surface area (TPSA) is 67.9 Å². The molecule has 0 fully saturated rings. The third-order valence-electron chi connectivity index (χ3n) is 3.06. The Morgan fingerprint density at radius 1 is 1.50 bits per heavy atom. The Morgan fingerprint density at radius 2 is 2.25 bits per heavy atom. The molecule has 0 saturated carbocycles. The minimum Gasteiger partial charge on any atom is -0.461 e. The van der Waals surface area contributed by atoms with Crippen molar-refractivity contribution in [1.29, 1.82) is 5.26 Å². The van der Waals surface area contributed by atoms with Gasteiger partial charge in [0, 0.05) is 6.20 Å². The minimum atomic E-state index is -0.438. The van der Waals surface area contributed by atoms with Gasteiger partial charge in [-0.05, 0) is 25.5 Å². The second kappa shape index (κ2) is 6.02. The lowest BCUT2D eigenvalue weighted by atomic mass is 10.0. The van der Waals surface area contributed by atoms with Crippen LogP contribution in [0.2, 0.25) is 0 Å². The molecule has 102 valence electrons. The number of ether oxygens (including phenoxy) is 1. The zero-order valence-electron chi connectivity index (χ0n) is 11.4. The van der Waals surface area contributed by atoms with Crippen molar-refractivity contribution in [3.05, 3.63) is 53.6 Å². The van der Waals surface area contributed by atoms with Gasteiger partial charge in [-0.3, -0.25) is 0 Å². The molecule has 2 rings (SSSR count). The quantitative estimate of drug-likeness (QED) is 0.800. The van der Waals surface area contributed by atoms with E-state index in [1.54, 1.807) is 30.1 Å². The number of esters is 1. The summed E-state index contributed by atoms with van der Waals surface area (Å²) in [5, 5.41) is 9.13. The molecule has 1 aromatic heterocycles. The fraction of sp³-hybridized carbons (Fsp3) is 0.267. The first kappa shape index (κ1) is 13.8. The van der Waals surface area contributed by atoms with Crippen LogP contribution in [-0.4, -0.2) is 22.1 Å². The van der Waals surface area contributed by atoms with Crippen LogP contribution in [-0.2, 0) is 4.74 Å². The van der Waals surface area contributed by atoms with E-state index >= 15 is 0 Å². The van der Waals surface area contributed by atoms with Gasteiger partial charge in [0.05, 0.1) is 30.6 Å². The molecule has 5 heteroatoms. The predicted octanol–water partition coefficient (Wildman–Crippen LogP) is 2.54. The van der Waals surface area contributed by atoms with Gasteiger partial charge in [-0.15, -0.1) is 0 Å². The minimum absolute atomic E-state index is 0.0819. The van der Waals surface area contributed by atoms with E-state index in [2.05, 4.69) is 11.1 Å². The molecule has 0 spiro atoms. The summed E-state index contributed by atoms with van der Waals surface area (Å²) < 4.78 is 6.70. The number of nitriles is 1. The SMILES string of the molecule is CCOC(=O)c1cn(C(C)c2ccccc2C#N)cn1. The van der Waals surface area contributed by atoms with Gasteiger partial charge in [-0.25, -0.2) is 9.78 Å². The molecule has 0 amide bonds. The highest BCUT2D eigenvalue weighted by Crippen LogP contribution is 2.21. The molecule has 1 aromatic carbocycles. The first-order valence-corrected chi connectivity index (χ1v) is 6.37. The van der Waals surface area contributed by atoms with Gasteiger partial charge in [0.2, 0.25) is 0 Å². The molecule has 5 nitrogen and oxygen atoms in total. The summed E-state index contributed by atoms with van der Waals surface area (Å²) >= 11 is 0. The number of nitrogens with zero attached hydrogens (tertiary/aromatic N) is 3. The van der Waals surface area contributed by atoms with Gasteiger partial charge in [0.15, 0.2) is 5.69 Å². The smallest absolute Gasteiger partial charge is 0.358 e. The number of hydrogen-bond acceptors (Lipinski definition) is 4. The van der Waals surface area contributed by atoms with Crippen molar-refractivity contribution < 1.29 is 9.53 Å². The van der Waals surface area contributed by atoms with Crippen LogP contribution in [0.1, 0.15) is 41.5 Å². The Hall–Kier alpha value is -2.61. The van der Waals surface area contributed by atoms with Crippen LogP contribution in [0.15, 0.2) is 36.8 Å². The van der Waals surface area contributed by atoms with Crippen LogP contribution in [0, 0.1) is 11.3 Å². The lowest BCUT2D eigenvalue weighted by Crippen LogP contribution is -2.07. The second-order valence-corrected chi connectivity index (χ2v) is 4.30. The summed E-state index contributed by atoms with van der Waals surface area (Å²) in [5.74, 6) is -0.438. The Bertz CT molecular complexity index is 655. The van der Waals surface area contributed by atoms with E-state index in [0.29, 0.717) is 12.2 Å². The fourth-order valence-electron chi connectivity index (χ4n) is 1.98. The zero-order valence-corrected chi connectivity index (χ0v) is 11.4. The molecule has 20 heavy (non-hydrogen) atoms. The molecule has 0 aliphatic heterocycles. The van der Waals surface area contributed by atoms with Gasteiger partial charge in [0.1, 0.15) is 0 Å². The normalized spacial score (nSPS) is 11.7. The lowest BCUT2D eigenvalue weighted by molar-refractivity contribution is 0.0520. The van der Waals surface area contributed by atoms with Crippen molar-refractivity contribution in [1.82, 2.24) is 9.55 Å². The third-order valence-corrected chi connectivity index (χ3v) is 3.06. The molecule has 0 radical (unpaired) electrons. The summed E-state index contributed by atoms with van der Waals surface area (Å²) in [6.45, 7) is 4.02. The van der Waals surface area contributed by atoms with E-state index in [4.69, 9.17) is 10.00 Å². The summed E-state index contributed by atoms with van der Waals surface area (Å²) in [7, 11) is 0. The van der Waals surface area contributed by atoms with Crippen molar-refractivity contribution in [2.75, 3.05) is 6.61 Å². The average molecular weight is 269 g/mol. The molecule has 0 saturated heterocycles. The Balaban J connectivity index is 2.28. The number of rotatable bonds is 4. The van der Waals surface area contributed by atoms with Gasteiger partial charge in [-0.2, -0.15) is 5.26 Å². The number of carbonyl (C=O) groups is 1. The van der Waals surface area contributed by atoms with E-state index in [0.717, 1.165) is 5.56 Å². The molecular formula is C15H15N3O2. The maximum absolute atomic E-state index is 11.6. The van der Waals surface area contributed by atoms with Gasteiger partial charge in [0.25, 0.3) is 0 Å². The van der Waals surface area contributed by atoms with Crippen molar-refractivity contribution >= 4 is 5.97 Å². The highest BCUT2D eigenvalue weighted by molar-refractivity contribution is 5.86. The first-order chi connectivity index (χ1) is 9.67. The fourth-order valence-corrected chi connectivity index (χ4v) is 1.98. The number of aromatic nitrogens is 2. The molecular weight excluding hydrogens is 254 g/mol. The van der Waals surface area contributed by atoms with Crippen LogP contribution >= 0.6 is 0 Å². The standard InChI is InChI=1S/C15H15N3O2/c1-3-20-15(19)14-9-18(10-17-14)11(2)13-7-5-4-6-12(13)8-16/h4-7,9-11H,3H2,1-2H3. The number of benzene rings is 1. The number of hydrogen-bond donors (Lipinski definition) is 0.